The summed E-state index contributed by atoms with van der Waals surface area (Å²) in [6.45, 7) is 4.53. The number of carbonyl (C=O) groups is 1. The van der Waals surface area contributed by atoms with Crippen LogP contribution in [0.15, 0.2) is 60.8 Å². The second kappa shape index (κ2) is 19.4. The quantitative estimate of drug-likeness (QED) is 0.221. The van der Waals surface area contributed by atoms with Crippen LogP contribution in [0.1, 0.15) is 52.4 Å². The molecular weight excluding hydrogens is 328 g/mol. The van der Waals surface area contributed by atoms with Crippen LogP contribution in [-0.2, 0) is 14.3 Å². The molecule has 0 spiro atoms. The molecule has 1 unspecified atom stereocenters. The molecule has 0 aromatic heterocycles. The summed E-state index contributed by atoms with van der Waals surface area (Å²) in [5.74, 6) is -1.09. The van der Waals surface area contributed by atoms with Crippen molar-refractivity contribution in [2.45, 2.75) is 58.7 Å². The van der Waals surface area contributed by atoms with E-state index in [0.29, 0.717) is 19.6 Å². The minimum Gasteiger partial charge on any atom is -0.477 e. The van der Waals surface area contributed by atoms with Crippen LogP contribution in [0.5, 0.6) is 0 Å². The average Bonchev–Trinajstić information content (AvgIpc) is 2.63. The first-order chi connectivity index (χ1) is 12.7. The molecule has 0 aliphatic heterocycles. The Bertz CT molecular complexity index is 473. The van der Waals surface area contributed by atoms with Crippen molar-refractivity contribution in [1.82, 2.24) is 0 Å². The lowest BCUT2D eigenvalue weighted by Gasteiger charge is -2.12. The lowest BCUT2D eigenvalue weighted by Crippen LogP contribution is -2.27. The molecule has 0 saturated heterocycles. The Kier molecular flexibility index (Phi) is 18.0. The van der Waals surface area contributed by atoms with Crippen LogP contribution in [0.4, 0.5) is 0 Å². The smallest absolute Gasteiger partial charge is 0.361 e. The summed E-state index contributed by atoms with van der Waals surface area (Å²) in [6.07, 6.45) is 25.8. The van der Waals surface area contributed by atoms with E-state index >= 15 is 0 Å². The molecule has 0 amide bonds. The van der Waals surface area contributed by atoms with Crippen molar-refractivity contribution in [2.75, 3.05) is 13.2 Å². The second-order valence-electron chi connectivity index (χ2n) is 5.49. The zero-order valence-corrected chi connectivity index (χ0v) is 16.2. The third-order valence-corrected chi connectivity index (χ3v) is 3.23. The molecule has 0 bridgehead atoms. The maximum absolute atomic E-state index is 10.8. The van der Waals surface area contributed by atoms with Gasteiger partial charge >= 0.3 is 5.97 Å². The predicted molar refractivity (Wildman–Crippen MR) is 108 cm³/mol. The van der Waals surface area contributed by atoms with Crippen molar-refractivity contribution in [3.8, 4) is 0 Å². The van der Waals surface area contributed by atoms with Gasteiger partial charge in [0.25, 0.3) is 6.29 Å². The molecule has 0 radical (unpaired) electrons. The van der Waals surface area contributed by atoms with E-state index < -0.39 is 12.3 Å². The molecule has 1 atom stereocenters. The van der Waals surface area contributed by atoms with Crippen LogP contribution >= 0.6 is 0 Å². The molecule has 0 heterocycles. The summed E-state index contributed by atoms with van der Waals surface area (Å²) < 4.78 is 10.1. The summed E-state index contributed by atoms with van der Waals surface area (Å²) in [5.41, 5.74) is 0. The number of hydrogen-bond donors (Lipinski definition) is 1. The zero-order valence-electron chi connectivity index (χ0n) is 16.2. The van der Waals surface area contributed by atoms with E-state index in [-0.39, 0.29) is 0 Å². The summed E-state index contributed by atoms with van der Waals surface area (Å²) in [7, 11) is 0. The van der Waals surface area contributed by atoms with Gasteiger partial charge in [-0.1, -0.05) is 67.7 Å². The van der Waals surface area contributed by atoms with Gasteiger partial charge in [0.05, 0.1) is 6.61 Å². The third-order valence-electron chi connectivity index (χ3n) is 3.23. The Labute approximate surface area is 158 Å². The van der Waals surface area contributed by atoms with E-state index in [0.717, 1.165) is 32.1 Å². The molecule has 0 aromatic carbocycles. The van der Waals surface area contributed by atoms with Crippen molar-refractivity contribution in [1.29, 1.82) is 0 Å². The van der Waals surface area contributed by atoms with Gasteiger partial charge in [-0.05, 0) is 45.4 Å². The molecule has 0 aromatic rings. The van der Waals surface area contributed by atoms with E-state index in [1.807, 2.05) is 12.2 Å². The summed E-state index contributed by atoms with van der Waals surface area (Å²) in [6, 6.07) is 0. The summed E-state index contributed by atoms with van der Waals surface area (Å²) in [5, 5.41) is 8.85. The fourth-order valence-electron chi connectivity index (χ4n) is 1.95. The SMILES string of the molecule is CC/C=C\C/C=C\C/C=C\C/C=C\C/C=C\CCOC(OCC)C(=O)O. The molecule has 0 saturated carbocycles. The highest BCUT2D eigenvalue weighted by Crippen LogP contribution is 1.99. The Hall–Kier alpha value is -1.91. The van der Waals surface area contributed by atoms with Gasteiger partial charge in [-0.2, -0.15) is 0 Å². The number of carboxylic acids is 1. The molecule has 0 aliphatic rings. The first-order valence-electron chi connectivity index (χ1n) is 9.43. The van der Waals surface area contributed by atoms with Gasteiger partial charge in [0.15, 0.2) is 0 Å². The van der Waals surface area contributed by atoms with Gasteiger partial charge in [0.2, 0.25) is 0 Å². The lowest BCUT2D eigenvalue weighted by atomic mass is 10.2. The average molecular weight is 363 g/mol. The first kappa shape index (κ1) is 24.1. The minimum atomic E-state index is -1.16. The number of carboxylic acid groups (broad SMARTS) is 1. The van der Waals surface area contributed by atoms with Gasteiger partial charge < -0.3 is 14.6 Å². The monoisotopic (exact) mass is 362 g/mol. The molecule has 0 fully saturated rings. The molecule has 1 N–H and O–H groups in total. The van der Waals surface area contributed by atoms with Crippen LogP contribution in [0.25, 0.3) is 0 Å². The summed E-state index contributed by atoms with van der Waals surface area (Å²) in [4.78, 5) is 10.8. The standard InChI is InChI=1S/C22H34O4/c1-3-5-6-7-8-9-10-11-12-13-14-15-16-17-18-19-20-26-22(21(23)24)25-4-2/h5-6,8-9,11-12,14-15,17-18,22H,3-4,7,10,13,16,19-20H2,1-2H3,(H,23,24)/b6-5-,9-8-,12-11-,15-14-,18-17-. The van der Waals surface area contributed by atoms with Crippen molar-refractivity contribution >= 4 is 5.97 Å². The third kappa shape index (κ3) is 16.9. The number of rotatable bonds is 16. The van der Waals surface area contributed by atoms with Gasteiger partial charge in [0.1, 0.15) is 0 Å². The van der Waals surface area contributed by atoms with Gasteiger partial charge in [-0.3, -0.25) is 0 Å². The van der Waals surface area contributed by atoms with E-state index in [4.69, 9.17) is 14.6 Å². The predicted octanol–water partition coefficient (Wildman–Crippen LogP) is 5.59. The van der Waals surface area contributed by atoms with Gasteiger partial charge in [0, 0.05) is 6.61 Å². The highest BCUT2D eigenvalue weighted by atomic mass is 16.7. The minimum absolute atomic E-state index is 0.318. The topological polar surface area (TPSA) is 55.8 Å². The first-order valence-corrected chi connectivity index (χ1v) is 9.43. The van der Waals surface area contributed by atoms with Crippen LogP contribution in [0.3, 0.4) is 0 Å². The summed E-state index contributed by atoms with van der Waals surface area (Å²) >= 11 is 0. The van der Waals surface area contributed by atoms with Gasteiger partial charge in [-0.25, -0.2) is 4.79 Å². The molecule has 4 heteroatoms. The molecule has 26 heavy (non-hydrogen) atoms. The Morgan fingerprint density at radius 3 is 1.65 bits per heavy atom. The lowest BCUT2D eigenvalue weighted by molar-refractivity contribution is -0.187. The van der Waals surface area contributed by atoms with Crippen LogP contribution in [0, 0.1) is 0 Å². The fourth-order valence-corrected chi connectivity index (χ4v) is 1.95. The maximum atomic E-state index is 10.8. The largest absolute Gasteiger partial charge is 0.477 e. The van der Waals surface area contributed by atoms with Crippen LogP contribution < -0.4 is 0 Å². The number of allylic oxidation sites excluding steroid dienone is 9. The van der Waals surface area contributed by atoms with E-state index in [1.54, 1.807) is 6.92 Å². The number of aliphatic carboxylic acids is 1. The van der Waals surface area contributed by atoms with Crippen molar-refractivity contribution < 1.29 is 19.4 Å². The van der Waals surface area contributed by atoms with E-state index in [2.05, 4.69) is 55.5 Å². The highest BCUT2D eigenvalue weighted by molar-refractivity contribution is 5.70. The van der Waals surface area contributed by atoms with Crippen molar-refractivity contribution in [3.05, 3.63) is 60.8 Å². The molecular formula is C22H34O4. The second-order valence-corrected chi connectivity index (χ2v) is 5.49. The van der Waals surface area contributed by atoms with E-state index in [1.165, 1.54) is 0 Å². The Morgan fingerprint density at radius 2 is 1.23 bits per heavy atom. The highest BCUT2D eigenvalue weighted by Gasteiger charge is 2.16. The Morgan fingerprint density at radius 1 is 0.769 bits per heavy atom. The molecule has 146 valence electrons. The van der Waals surface area contributed by atoms with Gasteiger partial charge in [-0.15, -0.1) is 0 Å². The fraction of sp³-hybridized carbons (Fsp3) is 0.500. The van der Waals surface area contributed by atoms with E-state index in [9.17, 15) is 4.79 Å². The number of hydrogen-bond acceptors (Lipinski definition) is 3. The van der Waals surface area contributed by atoms with Crippen LogP contribution in [0.2, 0.25) is 0 Å². The number of ether oxygens (including phenoxy) is 2. The zero-order chi connectivity index (χ0) is 19.3. The Balaban J connectivity index is 3.62. The molecule has 0 aliphatic carbocycles. The van der Waals surface area contributed by atoms with Crippen LogP contribution in [-0.4, -0.2) is 30.6 Å². The normalized spacial score (nSPS) is 13.9. The molecule has 4 nitrogen and oxygen atoms in total. The van der Waals surface area contributed by atoms with Crippen molar-refractivity contribution in [3.63, 3.8) is 0 Å². The maximum Gasteiger partial charge on any atom is 0.361 e. The van der Waals surface area contributed by atoms with Crippen molar-refractivity contribution in [2.24, 2.45) is 0 Å². The molecule has 0 rings (SSSR count).